The second-order valence-corrected chi connectivity index (χ2v) is 5.48. The van der Waals surface area contributed by atoms with Crippen LogP contribution in [-0.2, 0) is 20.0 Å². The molecule has 0 amide bonds. The van der Waals surface area contributed by atoms with Gasteiger partial charge in [-0.3, -0.25) is 9.58 Å². The third-order valence-corrected chi connectivity index (χ3v) is 4.24. The second-order valence-electron chi connectivity index (χ2n) is 5.48. The van der Waals surface area contributed by atoms with Crippen molar-refractivity contribution in [2.45, 2.75) is 19.9 Å². The van der Waals surface area contributed by atoms with Crippen molar-refractivity contribution in [2.75, 3.05) is 26.2 Å². The Morgan fingerprint density at radius 1 is 1.35 bits per heavy atom. The van der Waals surface area contributed by atoms with Crippen molar-refractivity contribution in [1.82, 2.24) is 20.0 Å². The van der Waals surface area contributed by atoms with E-state index in [1.165, 1.54) is 37.6 Å². The molecule has 2 saturated heterocycles. The Balaban J connectivity index is 1.65. The van der Waals surface area contributed by atoms with Crippen LogP contribution in [0.4, 0.5) is 0 Å². The average Bonchev–Trinajstić information content (AvgIpc) is 2.94. The van der Waals surface area contributed by atoms with E-state index in [1.807, 2.05) is 4.68 Å². The number of aromatic nitrogens is 2. The summed E-state index contributed by atoms with van der Waals surface area (Å²) in [5, 5.41) is 8.01. The fraction of sp³-hybridized carbons (Fsp3) is 0.769. The molecule has 94 valence electrons. The quantitative estimate of drug-likeness (QED) is 0.833. The molecule has 17 heavy (non-hydrogen) atoms. The van der Waals surface area contributed by atoms with E-state index in [0.29, 0.717) is 0 Å². The van der Waals surface area contributed by atoms with Gasteiger partial charge in [-0.1, -0.05) is 6.92 Å². The largest absolute Gasteiger partial charge is 0.316 e. The maximum absolute atomic E-state index is 4.52. The maximum Gasteiger partial charge on any atom is 0.0625 e. The molecule has 2 atom stereocenters. The Morgan fingerprint density at radius 2 is 2.06 bits per heavy atom. The molecule has 2 aliphatic rings. The van der Waals surface area contributed by atoms with Crippen LogP contribution in [0.1, 0.15) is 18.3 Å². The summed E-state index contributed by atoms with van der Waals surface area (Å²) in [7, 11) is 2.06. The van der Waals surface area contributed by atoms with Crippen LogP contribution >= 0.6 is 0 Å². The molecular formula is C13H22N4. The molecule has 2 fully saturated rings. The minimum absolute atomic E-state index is 0.883. The summed E-state index contributed by atoms with van der Waals surface area (Å²) in [6, 6.07) is 2.26. The molecular weight excluding hydrogens is 212 g/mol. The van der Waals surface area contributed by atoms with Crippen LogP contribution in [0.15, 0.2) is 6.07 Å². The van der Waals surface area contributed by atoms with Crippen LogP contribution in [0.25, 0.3) is 0 Å². The lowest BCUT2D eigenvalue weighted by Gasteiger charge is -2.16. The molecule has 3 heterocycles. The van der Waals surface area contributed by atoms with Crippen LogP contribution in [0.2, 0.25) is 0 Å². The first-order valence-electron chi connectivity index (χ1n) is 6.71. The van der Waals surface area contributed by atoms with Crippen molar-refractivity contribution < 1.29 is 0 Å². The third kappa shape index (κ3) is 2.11. The van der Waals surface area contributed by atoms with Gasteiger partial charge in [0.15, 0.2) is 0 Å². The SMILES string of the molecule is CCc1cc(CN2C[C@H]3CNC[C@H]3C2)n(C)n1. The van der Waals surface area contributed by atoms with Gasteiger partial charge in [0.1, 0.15) is 0 Å². The number of hydrogen-bond donors (Lipinski definition) is 1. The van der Waals surface area contributed by atoms with Gasteiger partial charge in [-0.05, 0) is 37.4 Å². The number of rotatable bonds is 3. The van der Waals surface area contributed by atoms with Gasteiger partial charge in [0.2, 0.25) is 0 Å². The summed E-state index contributed by atoms with van der Waals surface area (Å²) in [4.78, 5) is 2.59. The minimum Gasteiger partial charge on any atom is -0.316 e. The molecule has 0 spiro atoms. The van der Waals surface area contributed by atoms with Crippen molar-refractivity contribution in [3.8, 4) is 0 Å². The first kappa shape index (κ1) is 11.2. The van der Waals surface area contributed by atoms with Gasteiger partial charge in [0.05, 0.1) is 11.4 Å². The van der Waals surface area contributed by atoms with Crippen molar-refractivity contribution in [3.63, 3.8) is 0 Å². The molecule has 4 nitrogen and oxygen atoms in total. The van der Waals surface area contributed by atoms with E-state index in [9.17, 15) is 0 Å². The Hall–Kier alpha value is -0.870. The monoisotopic (exact) mass is 234 g/mol. The lowest BCUT2D eigenvalue weighted by molar-refractivity contribution is 0.297. The molecule has 4 heteroatoms. The highest BCUT2D eigenvalue weighted by Gasteiger charge is 2.36. The first-order chi connectivity index (χ1) is 8.26. The molecule has 2 aliphatic heterocycles. The number of fused-ring (bicyclic) bond motifs is 1. The van der Waals surface area contributed by atoms with E-state index in [2.05, 4.69) is 35.4 Å². The summed E-state index contributed by atoms with van der Waals surface area (Å²) in [6.07, 6.45) is 1.03. The fourth-order valence-electron chi connectivity index (χ4n) is 3.20. The van der Waals surface area contributed by atoms with E-state index in [-0.39, 0.29) is 0 Å². The molecule has 1 aromatic rings. The van der Waals surface area contributed by atoms with E-state index in [1.54, 1.807) is 0 Å². The minimum atomic E-state index is 0.883. The molecule has 1 N–H and O–H groups in total. The standard InChI is InChI=1S/C13H22N4/c1-3-12-4-13(16(2)15-12)9-17-7-10-5-14-6-11(10)8-17/h4,10-11,14H,3,5-9H2,1-2H3/t10-,11+. The Bertz CT molecular complexity index is 386. The third-order valence-electron chi connectivity index (χ3n) is 4.24. The van der Waals surface area contributed by atoms with Gasteiger partial charge in [-0.15, -0.1) is 0 Å². The summed E-state index contributed by atoms with van der Waals surface area (Å²) in [6.45, 7) is 8.17. The predicted molar refractivity (Wildman–Crippen MR) is 67.7 cm³/mol. The molecule has 1 aromatic heterocycles. The highest BCUT2D eigenvalue weighted by molar-refractivity contribution is 5.10. The van der Waals surface area contributed by atoms with E-state index < -0.39 is 0 Å². The smallest absolute Gasteiger partial charge is 0.0625 e. The number of aryl methyl sites for hydroxylation is 2. The summed E-state index contributed by atoms with van der Waals surface area (Å²) >= 11 is 0. The molecule has 0 saturated carbocycles. The van der Waals surface area contributed by atoms with Gasteiger partial charge in [-0.25, -0.2) is 0 Å². The second kappa shape index (κ2) is 4.42. The molecule has 0 aromatic carbocycles. The lowest BCUT2D eigenvalue weighted by Crippen LogP contribution is -2.26. The van der Waals surface area contributed by atoms with Gasteiger partial charge in [0, 0.05) is 26.7 Å². The number of hydrogen-bond acceptors (Lipinski definition) is 3. The number of nitrogens with one attached hydrogen (secondary N) is 1. The molecule has 3 rings (SSSR count). The van der Waals surface area contributed by atoms with E-state index in [4.69, 9.17) is 0 Å². The lowest BCUT2D eigenvalue weighted by atomic mass is 10.0. The van der Waals surface area contributed by atoms with Gasteiger partial charge < -0.3 is 5.32 Å². The topological polar surface area (TPSA) is 33.1 Å². The van der Waals surface area contributed by atoms with Crippen molar-refractivity contribution in [3.05, 3.63) is 17.5 Å². The summed E-state index contributed by atoms with van der Waals surface area (Å²) < 4.78 is 2.05. The van der Waals surface area contributed by atoms with Crippen molar-refractivity contribution in [1.29, 1.82) is 0 Å². The van der Waals surface area contributed by atoms with Crippen LogP contribution in [0.5, 0.6) is 0 Å². The van der Waals surface area contributed by atoms with Crippen LogP contribution < -0.4 is 5.32 Å². The zero-order chi connectivity index (χ0) is 11.8. The van der Waals surface area contributed by atoms with Gasteiger partial charge in [-0.2, -0.15) is 5.10 Å². The normalized spacial score (nSPS) is 28.8. The Kier molecular flexibility index (Phi) is 2.92. The van der Waals surface area contributed by atoms with Crippen LogP contribution in [0.3, 0.4) is 0 Å². The van der Waals surface area contributed by atoms with Crippen molar-refractivity contribution in [2.24, 2.45) is 18.9 Å². The molecule has 0 radical (unpaired) electrons. The Labute approximate surface area is 103 Å². The summed E-state index contributed by atoms with van der Waals surface area (Å²) in [5.74, 6) is 1.77. The number of likely N-dealkylation sites (tertiary alicyclic amines) is 1. The summed E-state index contributed by atoms with van der Waals surface area (Å²) in [5.41, 5.74) is 2.57. The maximum atomic E-state index is 4.52. The average molecular weight is 234 g/mol. The van der Waals surface area contributed by atoms with Crippen LogP contribution in [0, 0.1) is 11.8 Å². The van der Waals surface area contributed by atoms with Gasteiger partial charge in [0.25, 0.3) is 0 Å². The molecule has 0 aliphatic carbocycles. The highest BCUT2D eigenvalue weighted by atomic mass is 15.3. The predicted octanol–water partition coefficient (Wildman–Crippen LogP) is 0.634. The zero-order valence-corrected chi connectivity index (χ0v) is 10.8. The first-order valence-corrected chi connectivity index (χ1v) is 6.71. The van der Waals surface area contributed by atoms with E-state index in [0.717, 1.165) is 24.8 Å². The Morgan fingerprint density at radius 3 is 2.65 bits per heavy atom. The van der Waals surface area contributed by atoms with Crippen molar-refractivity contribution >= 4 is 0 Å². The molecule has 0 bridgehead atoms. The number of nitrogens with zero attached hydrogens (tertiary/aromatic N) is 3. The zero-order valence-electron chi connectivity index (χ0n) is 10.8. The highest BCUT2D eigenvalue weighted by Crippen LogP contribution is 2.27. The molecule has 0 unspecified atom stereocenters. The van der Waals surface area contributed by atoms with E-state index >= 15 is 0 Å². The fourth-order valence-corrected chi connectivity index (χ4v) is 3.20. The van der Waals surface area contributed by atoms with Gasteiger partial charge >= 0.3 is 0 Å². The van der Waals surface area contributed by atoms with Crippen LogP contribution in [-0.4, -0.2) is 40.9 Å².